The Morgan fingerprint density at radius 2 is 2.27 bits per heavy atom. The third-order valence-corrected chi connectivity index (χ3v) is 2.58. The Labute approximate surface area is 79.5 Å². The summed E-state index contributed by atoms with van der Waals surface area (Å²) in [6, 6.07) is -0.355. The van der Waals surface area contributed by atoms with E-state index in [9.17, 15) is 9.90 Å². The van der Waals surface area contributed by atoms with E-state index in [0.717, 1.165) is 6.42 Å². The van der Waals surface area contributed by atoms with Gasteiger partial charge in [-0.25, -0.2) is 0 Å². The van der Waals surface area contributed by atoms with Crippen LogP contribution in [-0.2, 0) is 4.79 Å². The maximum Gasteiger partial charge on any atom is 0.222 e. The van der Waals surface area contributed by atoms with Crippen LogP contribution < -0.4 is 5.73 Å². The van der Waals surface area contributed by atoms with Gasteiger partial charge in [0.15, 0.2) is 0 Å². The molecule has 1 fully saturated rings. The highest BCUT2D eigenvalue weighted by Crippen LogP contribution is 2.33. The number of rotatable bonds is 4. The molecular formula is C7H12INO2. The fourth-order valence-corrected chi connectivity index (χ4v) is 1.50. The normalized spacial score (nSPS) is 22.8. The number of hydrogen-bond donors (Lipinski definition) is 2. The van der Waals surface area contributed by atoms with Crippen molar-refractivity contribution in [1.29, 1.82) is 0 Å². The van der Waals surface area contributed by atoms with Crippen LogP contribution in [0.4, 0.5) is 0 Å². The first-order valence-electron chi connectivity index (χ1n) is 3.74. The number of aliphatic hydroxyl groups is 1. The van der Waals surface area contributed by atoms with Gasteiger partial charge in [0, 0.05) is 28.6 Å². The Morgan fingerprint density at radius 1 is 1.73 bits per heavy atom. The molecule has 1 saturated carbocycles. The van der Waals surface area contributed by atoms with Crippen molar-refractivity contribution in [3.05, 3.63) is 0 Å². The van der Waals surface area contributed by atoms with E-state index in [2.05, 4.69) is 0 Å². The van der Waals surface area contributed by atoms with Gasteiger partial charge in [0.1, 0.15) is 6.10 Å². The van der Waals surface area contributed by atoms with Gasteiger partial charge in [-0.1, -0.05) is 12.8 Å². The first-order valence-corrected chi connectivity index (χ1v) is 4.82. The molecule has 0 aromatic heterocycles. The zero-order valence-corrected chi connectivity index (χ0v) is 8.32. The summed E-state index contributed by atoms with van der Waals surface area (Å²) < 4.78 is -0.254. The van der Waals surface area contributed by atoms with Crippen molar-refractivity contribution >= 4 is 26.4 Å². The van der Waals surface area contributed by atoms with Gasteiger partial charge in [0.25, 0.3) is 0 Å². The maximum absolute atomic E-state index is 10.6. The summed E-state index contributed by atoms with van der Waals surface area (Å²) in [5.74, 6) is 0.662. The predicted octanol–water partition coefficient (Wildman–Crippen LogP) is 0.436. The van der Waals surface area contributed by atoms with E-state index in [-0.39, 0.29) is 9.83 Å². The van der Waals surface area contributed by atoms with Crippen molar-refractivity contribution in [2.45, 2.75) is 31.4 Å². The van der Waals surface area contributed by atoms with Crippen molar-refractivity contribution in [3.8, 4) is 0 Å². The lowest BCUT2D eigenvalue weighted by molar-refractivity contribution is -0.117. The lowest BCUT2D eigenvalue weighted by atomic mass is 10.1. The highest BCUT2D eigenvalue weighted by Gasteiger charge is 2.29. The molecule has 3 nitrogen and oxygen atoms in total. The minimum atomic E-state index is -0.962. The summed E-state index contributed by atoms with van der Waals surface area (Å²) in [4.78, 5) is 10.6. The monoisotopic (exact) mass is 269 g/mol. The molecule has 0 amide bonds. The van der Waals surface area contributed by atoms with Crippen LogP contribution in [0.5, 0.6) is 0 Å². The molecule has 2 atom stereocenters. The summed E-state index contributed by atoms with van der Waals surface area (Å²) in [5, 5.41) is 9.19. The quantitative estimate of drug-likeness (QED) is 0.575. The Morgan fingerprint density at radius 3 is 2.64 bits per heavy atom. The molecule has 0 radical (unpaired) electrons. The van der Waals surface area contributed by atoms with Gasteiger partial charge in [0.05, 0.1) is 0 Å². The number of carbonyl (C=O) groups is 1. The molecule has 0 aromatic rings. The predicted molar refractivity (Wildman–Crippen MR) is 50.4 cm³/mol. The molecule has 1 rings (SSSR count). The summed E-state index contributed by atoms with van der Waals surface area (Å²) in [5.41, 5.74) is 5.58. The average molecular weight is 269 g/mol. The smallest absolute Gasteiger partial charge is 0.222 e. The van der Waals surface area contributed by atoms with Crippen LogP contribution in [0, 0.1) is 5.92 Å². The average Bonchev–Trinajstić information content (AvgIpc) is 2.69. The zero-order chi connectivity index (χ0) is 8.43. The van der Waals surface area contributed by atoms with E-state index >= 15 is 0 Å². The van der Waals surface area contributed by atoms with Crippen molar-refractivity contribution in [2.75, 3.05) is 0 Å². The van der Waals surface area contributed by atoms with Crippen LogP contribution in [0.15, 0.2) is 0 Å². The zero-order valence-electron chi connectivity index (χ0n) is 6.16. The van der Waals surface area contributed by atoms with Crippen LogP contribution in [0.3, 0.4) is 0 Å². The van der Waals surface area contributed by atoms with Crippen molar-refractivity contribution < 1.29 is 9.90 Å². The lowest BCUT2D eigenvalue weighted by Gasteiger charge is -2.14. The van der Waals surface area contributed by atoms with E-state index < -0.39 is 6.10 Å². The summed E-state index contributed by atoms with van der Waals surface area (Å²) in [6.07, 6.45) is 2.23. The highest BCUT2D eigenvalue weighted by molar-refractivity contribution is 14.1. The van der Waals surface area contributed by atoms with Crippen LogP contribution in [-0.4, -0.2) is 21.0 Å². The van der Waals surface area contributed by atoms with Gasteiger partial charge >= 0.3 is 0 Å². The van der Waals surface area contributed by atoms with Gasteiger partial charge in [-0.2, -0.15) is 0 Å². The maximum atomic E-state index is 10.6. The molecule has 0 bridgehead atoms. The molecule has 1 aliphatic rings. The van der Waals surface area contributed by atoms with Gasteiger partial charge in [-0.05, 0) is 12.3 Å². The Bertz CT molecular complexity index is 159. The molecule has 4 heteroatoms. The fraction of sp³-hybridized carbons (Fsp3) is 0.857. The van der Waals surface area contributed by atoms with Crippen molar-refractivity contribution in [3.63, 3.8) is 0 Å². The molecule has 0 saturated heterocycles. The Kier molecular flexibility index (Phi) is 3.27. The topological polar surface area (TPSA) is 63.3 Å². The van der Waals surface area contributed by atoms with Crippen LogP contribution in [0.1, 0.15) is 19.3 Å². The molecule has 11 heavy (non-hydrogen) atoms. The molecule has 2 unspecified atom stereocenters. The highest BCUT2D eigenvalue weighted by atomic mass is 127. The van der Waals surface area contributed by atoms with E-state index in [1.54, 1.807) is 22.6 Å². The molecule has 1 aliphatic carbocycles. The SMILES string of the molecule is NC(CC1CC1)C(O)C(=O)I. The number of hydrogen-bond acceptors (Lipinski definition) is 3. The number of halogens is 1. The molecule has 64 valence electrons. The standard InChI is InChI=1S/C7H12INO2/c8-7(11)6(10)5(9)3-4-1-2-4/h4-6,10H,1-3,9H2. The largest absolute Gasteiger partial charge is 0.383 e. The third-order valence-electron chi connectivity index (χ3n) is 1.94. The molecule has 0 spiro atoms. The second kappa shape index (κ2) is 3.82. The first kappa shape index (κ1) is 9.41. The number of carbonyl (C=O) groups excluding carboxylic acids is 1. The third kappa shape index (κ3) is 3.04. The molecule has 3 N–H and O–H groups in total. The van der Waals surface area contributed by atoms with E-state index in [4.69, 9.17) is 5.73 Å². The molecule has 0 aliphatic heterocycles. The van der Waals surface area contributed by atoms with Gasteiger partial charge in [-0.15, -0.1) is 0 Å². The summed E-state index contributed by atoms with van der Waals surface area (Å²) in [6.45, 7) is 0. The molecular weight excluding hydrogens is 257 g/mol. The van der Waals surface area contributed by atoms with Crippen molar-refractivity contribution in [1.82, 2.24) is 0 Å². The van der Waals surface area contributed by atoms with Crippen LogP contribution in [0.2, 0.25) is 0 Å². The van der Waals surface area contributed by atoms with E-state index in [1.807, 2.05) is 0 Å². The molecule has 0 heterocycles. The minimum Gasteiger partial charge on any atom is -0.383 e. The van der Waals surface area contributed by atoms with Crippen molar-refractivity contribution in [2.24, 2.45) is 11.7 Å². The van der Waals surface area contributed by atoms with Gasteiger partial charge in [0.2, 0.25) is 3.79 Å². The molecule has 0 aromatic carbocycles. The number of nitrogens with two attached hydrogens (primary N) is 1. The Hall–Kier alpha value is 0.320. The lowest BCUT2D eigenvalue weighted by Crippen LogP contribution is -2.38. The second-order valence-electron chi connectivity index (χ2n) is 3.09. The Balaban J connectivity index is 2.26. The van der Waals surface area contributed by atoms with E-state index in [0.29, 0.717) is 5.92 Å². The summed E-state index contributed by atoms with van der Waals surface area (Å²) >= 11 is 1.58. The van der Waals surface area contributed by atoms with Crippen LogP contribution >= 0.6 is 22.6 Å². The minimum absolute atomic E-state index is 0.254. The number of aliphatic hydroxyl groups excluding tert-OH is 1. The van der Waals surface area contributed by atoms with Crippen LogP contribution in [0.25, 0.3) is 0 Å². The fourth-order valence-electron chi connectivity index (χ4n) is 1.04. The van der Waals surface area contributed by atoms with Gasteiger partial charge < -0.3 is 10.8 Å². The second-order valence-corrected chi connectivity index (χ2v) is 4.16. The van der Waals surface area contributed by atoms with Gasteiger partial charge in [-0.3, -0.25) is 4.79 Å². The first-order chi connectivity index (χ1) is 5.11. The van der Waals surface area contributed by atoms with E-state index in [1.165, 1.54) is 12.8 Å². The summed E-state index contributed by atoms with van der Waals surface area (Å²) in [7, 11) is 0.